The maximum absolute atomic E-state index is 14.0. The van der Waals surface area contributed by atoms with E-state index in [-0.39, 0.29) is 29.5 Å². The molecular formula is C32H41BN6O4. The molecule has 2 N–H and O–H groups in total. The van der Waals surface area contributed by atoms with Crippen molar-refractivity contribution in [3.63, 3.8) is 0 Å². The molecule has 7 rings (SSSR count). The van der Waals surface area contributed by atoms with Crippen LogP contribution in [0.4, 0.5) is 0 Å². The lowest BCUT2D eigenvalue weighted by Crippen LogP contribution is -2.65. The minimum absolute atomic E-state index is 0.00234. The number of amides is 2. The molecule has 226 valence electrons. The molecule has 2 aromatic heterocycles. The van der Waals surface area contributed by atoms with Gasteiger partial charge in [-0.1, -0.05) is 44.2 Å². The van der Waals surface area contributed by atoms with Crippen LogP contribution in [-0.2, 0) is 34.0 Å². The first kappa shape index (κ1) is 29.5. The van der Waals surface area contributed by atoms with Gasteiger partial charge >= 0.3 is 7.12 Å². The monoisotopic (exact) mass is 584 g/mol. The highest BCUT2D eigenvalue weighted by Gasteiger charge is 2.68. The zero-order valence-corrected chi connectivity index (χ0v) is 25.4. The number of hydrogen-bond donors (Lipinski definition) is 2. The molecule has 2 bridgehead atoms. The molecule has 3 heterocycles. The van der Waals surface area contributed by atoms with Gasteiger partial charge in [0.25, 0.3) is 5.91 Å². The summed E-state index contributed by atoms with van der Waals surface area (Å²) in [6.07, 6.45) is 12.5. The van der Waals surface area contributed by atoms with Crippen LogP contribution in [0.5, 0.6) is 0 Å². The number of carbonyl (C=O) groups is 2. The fraction of sp³-hybridized carbons (Fsp3) is 0.531. The Balaban J connectivity index is 1.21. The van der Waals surface area contributed by atoms with E-state index in [2.05, 4.69) is 58.5 Å². The number of aryl methyl sites for hydroxylation is 2. The number of rotatable bonds is 11. The molecule has 4 aliphatic rings. The van der Waals surface area contributed by atoms with Crippen LogP contribution in [0.15, 0.2) is 61.3 Å². The van der Waals surface area contributed by atoms with Crippen LogP contribution in [0.1, 0.15) is 68.3 Å². The van der Waals surface area contributed by atoms with Crippen molar-refractivity contribution in [2.24, 2.45) is 24.3 Å². The normalized spacial score (nSPS) is 26.6. The third kappa shape index (κ3) is 5.84. The molecule has 6 atom stereocenters. The van der Waals surface area contributed by atoms with Crippen LogP contribution < -0.4 is 10.6 Å². The molecule has 4 fully saturated rings. The van der Waals surface area contributed by atoms with E-state index >= 15 is 0 Å². The lowest BCUT2D eigenvalue weighted by Gasteiger charge is -2.64. The second-order valence-electron chi connectivity index (χ2n) is 13.1. The Morgan fingerprint density at radius 3 is 2.60 bits per heavy atom. The van der Waals surface area contributed by atoms with Crippen LogP contribution in [0.3, 0.4) is 0 Å². The van der Waals surface area contributed by atoms with E-state index in [1.807, 2.05) is 36.0 Å². The van der Waals surface area contributed by atoms with Crippen molar-refractivity contribution in [2.75, 3.05) is 0 Å². The van der Waals surface area contributed by atoms with Gasteiger partial charge in [0, 0.05) is 38.3 Å². The van der Waals surface area contributed by atoms with Gasteiger partial charge in [-0.25, -0.2) is 9.97 Å². The summed E-state index contributed by atoms with van der Waals surface area (Å²) in [4.78, 5) is 39.6. The third-order valence-electron chi connectivity index (χ3n) is 10.2. The Kier molecular flexibility index (Phi) is 8.13. The highest BCUT2D eigenvalue weighted by Crippen LogP contribution is 2.65. The largest absolute Gasteiger partial charge is 0.481 e. The number of hydrogen-bond acceptors (Lipinski definition) is 7. The number of imidazole rings is 1. The van der Waals surface area contributed by atoms with Crippen molar-refractivity contribution in [1.82, 2.24) is 30.2 Å². The van der Waals surface area contributed by atoms with Gasteiger partial charge in [0.1, 0.15) is 17.6 Å². The second-order valence-corrected chi connectivity index (χ2v) is 13.1. The number of aromatic nitrogens is 4. The molecule has 1 aliphatic heterocycles. The van der Waals surface area contributed by atoms with Gasteiger partial charge < -0.3 is 24.5 Å². The first-order valence-electron chi connectivity index (χ1n) is 15.4. The Hall–Kier alpha value is -3.57. The number of nitrogens with zero attached hydrogens (tertiary/aromatic N) is 4. The highest BCUT2D eigenvalue weighted by molar-refractivity contribution is 6.47. The van der Waals surface area contributed by atoms with Gasteiger partial charge in [-0.15, -0.1) is 0 Å². The molecule has 2 unspecified atom stereocenters. The minimum atomic E-state index is -0.891. The van der Waals surface area contributed by atoms with Crippen LogP contribution in [0.25, 0.3) is 0 Å². The van der Waals surface area contributed by atoms with Crippen molar-refractivity contribution in [2.45, 2.75) is 83.0 Å². The van der Waals surface area contributed by atoms with E-state index in [9.17, 15) is 9.59 Å². The summed E-state index contributed by atoms with van der Waals surface area (Å²) in [5, 5.41) is 6.10. The van der Waals surface area contributed by atoms with Crippen LogP contribution in [0, 0.1) is 17.3 Å². The number of nitrogens with one attached hydrogen (secondary N) is 2. The lowest BCUT2D eigenvalue weighted by molar-refractivity contribution is -0.199. The fourth-order valence-corrected chi connectivity index (χ4v) is 7.44. The zero-order valence-electron chi connectivity index (χ0n) is 25.4. The van der Waals surface area contributed by atoms with Crippen molar-refractivity contribution in [3.8, 4) is 0 Å². The first-order chi connectivity index (χ1) is 20.6. The Labute approximate surface area is 253 Å². The van der Waals surface area contributed by atoms with Crippen molar-refractivity contribution < 1.29 is 18.9 Å². The first-order valence-corrected chi connectivity index (χ1v) is 15.4. The second kappa shape index (κ2) is 11.8. The van der Waals surface area contributed by atoms with E-state index in [1.54, 1.807) is 6.20 Å². The van der Waals surface area contributed by atoms with E-state index in [0.29, 0.717) is 24.1 Å². The number of benzene rings is 1. The Morgan fingerprint density at radius 1 is 1.09 bits per heavy atom. The maximum atomic E-state index is 14.0. The third-order valence-corrected chi connectivity index (χ3v) is 10.2. The van der Waals surface area contributed by atoms with Crippen molar-refractivity contribution in [1.29, 1.82) is 0 Å². The van der Waals surface area contributed by atoms with Gasteiger partial charge in [0.2, 0.25) is 5.91 Å². The predicted molar refractivity (Wildman–Crippen MR) is 162 cm³/mol. The van der Waals surface area contributed by atoms with E-state index in [4.69, 9.17) is 9.31 Å². The molecule has 11 heteroatoms. The molecule has 0 radical (unpaired) electrons. The summed E-state index contributed by atoms with van der Waals surface area (Å²) in [5.74, 6) is 0.531. The molecule has 1 saturated heterocycles. The summed E-state index contributed by atoms with van der Waals surface area (Å²) in [5.41, 5.74) is 1.21. The fourth-order valence-electron chi connectivity index (χ4n) is 7.44. The summed E-state index contributed by atoms with van der Waals surface area (Å²) in [7, 11) is 1.29. The van der Waals surface area contributed by atoms with Gasteiger partial charge in [-0.2, -0.15) is 0 Å². The molecule has 1 aromatic carbocycles. The molecule has 2 amide bonds. The molecule has 3 saturated carbocycles. The Morgan fingerprint density at radius 2 is 1.91 bits per heavy atom. The quantitative estimate of drug-likeness (QED) is 0.332. The molecule has 0 spiro atoms. The van der Waals surface area contributed by atoms with E-state index in [0.717, 1.165) is 25.7 Å². The summed E-state index contributed by atoms with van der Waals surface area (Å²) >= 11 is 0. The van der Waals surface area contributed by atoms with Crippen LogP contribution in [-0.4, -0.2) is 62.1 Å². The Bertz CT molecular complexity index is 1440. The van der Waals surface area contributed by atoms with Crippen molar-refractivity contribution in [3.05, 3.63) is 78.4 Å². The SMILES string of the molecule is Cn1ccnc1CC(NC(=O)c1cnccn1)C(=O)NC(CCCc1ccccc1)B1O[C@@H]2C[C@@H]3C[C@@H](C3(C)C)[C@]2(C)O1. The van der Waals surface area contributed by atoms with Gasteiger partial charge in [-0.05, 0) is 61.8 Å². The van der Waals surface area contributed by atoms with Gasteiger partial charge in [0.15, 0.2) is 0 Å². The molecule has 43 heavy (non-hydrogen) atoms. The summed E-state index contributed by atoms with van der Waals surface area (Å²) in [6, 6.07) is 9.44. The molecule has 10 nitrogen and oxygen atoms in total. The molecule has 3 aromatic rings. The number of carbonyl (C=O) groups excluding carboxylic acids is 2. The highest BCUT2D eigenvalue weighted by atomic mass is 16.7. The minimum Gasteiger partial charge on any atom is -0.404 e. The molecule has 3 aliphatic carbocycles. The van der Waals surface area contributed by atoms with Gasteiger partial charge in [-0.3, -0.25) is 14.6 Å². The summed E-state index contributed by atoms with van der Waals surface area (Å²) < 4.78 is 15.3. The van der Waals surface area contributed by atoms with Gasteiger partial charge in [0.05, 0.1) is 23.8 Å². The van der Waals surface area contributed by atoms with Crippen LogP contribution >= 0.6 is 0 Å². The average Bonchev–Trinajstić information content (AvgIpc) is 3.58. The lowest BCUT2D eigenvalue weighted by atomic mass is 9.43. The topological polar surface area (TPSA) is 120 Å². The van der Waals surface area contributed by atoms with E-state index < -0.39 is 30.6 Å². The maximum Gasteiger partial charge on any atom is 0.481 e. The van der Waals surface area contributed by atoms with Crippen molar-refractivity contribution >= 4 is 18.9 Å². The van der Waals surface area contributed by atoms with E-state index in [1.165, 1.54) is 24.2 Å². The summed E-state index contributed by atoms with van der Waals surface area (Å²) in [6.45, 7) is 6.86. The standard InChI is InChI=1S/C32H41BN6O4/c1-31(2)22-17-25(31)32(3)26(18-22)42-33(43-32)27(12-8-11-21-9-6-5-7-10-21)38-29(40)23(19-28-36-15-16-39(28)4)37-30(41)24-20-34-13-14-35-24/h5-7,9-10,13-16,20,22-23,25-27H,8,11-12,17-19H2,1-4H3,(H,37,41)(H,38,40)/t22-,23?,25-,26+,27?,32-/m0/s1. The van der Waals surface area contributed by atoms with Crippen LogP contribution in [0.2, 0.25) is 0 Å². The zero-order chi connectivity index (χ0) is 30.2. The smallest absolute Gasteiger partial charge is 0.404 e. The predicted octanol–water partition coefficient (Wildman–Crippen LogP) is 3.33. The average molecular weight is 585 g/mol. The molecular weight excluding hydrogens is 543 g/mol.